The minimum absolute atomic E-state index is 0.453. The summed E-state index contributed by atoms with van der Waals surface area (Å²) < 4.78 is 0. The lowest BCUT2D eigenvalue weighted by Gasteiger charge is -2.30. The van der Waals surface area contributed by atoms with Gasteiger partial charge in [0.15, 0.2) is 0 Å². The maximum atomic E-state index is 6.76. The first kappa shape index (κ1) is 39.9. The maximum absolute atomic E-state index is 6.76. The highest BCUT2D eigenvalue weighted by molar-refractivity contribution is 7.81. The number of benzene rings is 8. The van der Waals surface area contributed by atoms with Crippen LogP contribution in [0.3, 0.4) is 0 Å². The Labute approximate surface area is 347 Å². The van der Waals surface area contributed by atoms with Crippen molar-refractivity contribution in [3.8, 4) is 11.1 Å². The second kappa shape index (κ2) is 16.4. The van der Waals surface area contributed by atoms with Gasteiger partial charge < -0.3 is 11.5 Å². The van der Waals surface area contributed by atoms with Crippen LogP contribution in [0.5, 0.6) is 0 Å². The molecule has 0 amide bonds. The molecule has 0 fully saturated rings. The van der Waals surface area contributed by atoms with E-state index in [1.165, 1.54) is 120 Å². The third-order valence-electron chi connectivity index (χ3n) is 11.2. The van der Waals surface area contributed by atoms with E-state index in [4.69, 9.17) is 11.5 Å². The predicted molar refractivity (Wildman–Crippen MR) is 258 cm³/mol. The molecule has 8 aromatic rings. The van der Waals surface area contributed by atoms with Crippen LogP contribution in [0.2, 0.25) is 0 Å². The molecule has 2 nitrogen and oxygen atoms in total. The van der Waals surface area contributed by atoms with Gasteiger partial charge in [0, 0.05) is 13.1 Å². The monoisotopic (exact) mass is 792 g/mol. The first-order chi connectivity index (χ1) is 27.9. The van der Waals surface area contributed by atoms with E-state index in [2.05, 4.69) is 189 Å². The number of nitrogens with two attached hydrogens (primary N) is 2. The average Bonchev–Trinajstić information content (AvgIpc) is 3.16. The fourth-order valence-electron chi connectivity index (χ4n) is 9.26. The van der Waals surface area contributed by atoms with Gasteiger partial charge in [-0.05, 0) is 159 Å². The summed E-state index contributed by atoms with van der Waals surface area (Å²) in [4.78, 5) is 0. The van der Waals surface area contributed by atoms with Gasteiger partial charge in [-0.15, -0.1) is 0 Å². The molecule has 0 aliphatic carbocycles. The molecule has 0 unspecified atom stereocenters. The lowest BCUT2D eigenvalue weighted by atomic mass is 9.90. The number of hydrogen-bond donors (Lipinski definition) is 2. The van der Waals surface area contributed by atoms with E-state index in [0.29, 0.717) is 13.1 Å². The van der Waals surface area contributed by atoms with Crippen LogP contribution in [0.25, 0.3) is 32.7 Å². The van der Waals surface area contributed by atoms with Crippen LogP contribution < -0.4 is 43.3 Å². The van der Waals surface area contributed by atoms with Crippen molar-refractivity contribution in [3.63, 3.8) is 0 Å². The highest BCUT2D eigenvalue weighted by atomic mass is 31.1. The summed E-state index contributed by atoms with van der Waals surface area (Å²) in [6, 6.07) is 51.5. The fourth-order valence-corrected chi connectivity index (χ4v) is 15.1. The smallest absolute Gasteiger partial charge is 0.0184 e. The summed E-state index contributed by atoms with van der Waals surface area (Å²) in [5.41, 5.74) is 28.7. The van der Waals surface area contributed by atoms with Crippen LogP contribution in [-0.4, -0.2) is 0 Å². The van der Waals surface area contributed by atoms with Gasteiger partial charge in [0.1, 0.15) is 0 Å². The van der Waals surface area contributed by atoms with Gasteiger partial charge in [-0.25, -0.2) is 0 Å². The number of hydrogen-bond acceptors (Lipinski definition) is 2. The van der Waals surface area contributed by atoms with Crippen LogP contribution in [0.4, 0.5) is 0 Å². The number of fused-ring (bicyclic) bond motifs is 2. The van der Waals surface area contributed by atoms with E-state index >= 15 is 0 Å². The Kier molecular flexibility index (Phi) is 11.3. The molecule has 0 aliphatic heterocycles. The number of rotatable bonds is 9. The normalized spacial score (nSPS) is 11.7. The molecule has 0 aliphatic rings. The van der Waals surface area contributed by atoms with Crippen molar-refractivity contribution >= 4 is 69.2 Å². The van der Waals surface area contributed by atoms with Gasteiger partial charge in [0.05, 0.1) is 0 Å². The summed E-state index contributed by atoms with van der Waals surface area (Å²) >= 11 is 0. The zero-order chi connectivity index (χ0) is 40.8. The van der Waals surface area contributed by atoms with Gasteiger partial charge in [0.2, 0.25) is 0 Å². The van der Waals surface area contributed by atoms with Crippen LogP contribution >= 0.6 is 15.8 Å². The Morgan fingerprint density at radius 3 is 0.810 bits per heavy atom. The Balaban J connectivity index is 1.62. The minimum Gasteiger partial charge on any atom is -0.326 e. The van der Waals surface area contributed by atoms with Crippen LogP contribution in [-0.2, 0) is 13.1 Å². The Morgan fingerprint density at radius 2 is 0.569 bits per heavy atom. The molecule has 0 saturated carbocycles. The third kappa shape index (κ3) is 7.68. The van der Waals surface area contributed by atoms with Crippen molar-refractivity contribution in [2.75, 3.05) is 0 Å². The van der Waals surface area contributed by atoms with Gasteiger partial charge in [0.25, 0.3) is 0 Å². The molecule has 0 atom stereocenters. The first-order valence-corrected chi connectivity index (χ1v) is 23.0. The molecule has 0 radical (unpaired) electrons. The third-order valence-corrected chi connectivity index (χ3v) is 16.0. The van der Waals surface area contributed by atoms with Gasteiger partial charge >= 0.3 is 0 Å². The Hall–Kier alpha value is -4.94. The molecule has 0 spiro atoms. The van der Waals surface area contributed by atoms with Crippen molar-refractivity contribution in [3.05, 3.63) is 189 Å². The van der Waals surface area contributed by atoms with E-state index in [1.54, 1.807) is 0 Å². The van der Waals surface area contributed by atoms with E-state index in [9.17, 15) is 0 Å². The number of aryl methyl sites for hydroxylation is 8. The molecule has 4 N–H and O–H groups in total. The quantitative estimate of drug-likeness (QED) is 0.143. The maximum Gasteiger partial charge on any atom is 0.0184 e. The van der Waals surface area contributed by atoms with Crippen LogP contribution in [0, 0.1) is 55.4 Å². The van der Waals surface area contributed by atoms with Crippen molar-refractivity contribution < 1.29 is 0 Å². The Morgan fingerprint density at radius 1 is 0.328 bits per heavy atom. The summed E-state index contributed by atoms with van der Waals surface area (Å²) in [5.74, 6) is 0. The zero-order valence-electron chi connectivity index (χ0n) is 35.2. The second-order valence-electron chi connectivity index (χ2n) is 16.4. The van der Waals surface area contributed by atoms with E-state index in [-0.39, 0.29) is 0 Å². The molecule has 0 saturated heterocycles. The lowest BCUT2D eigenvalue weighted by Crippen LogP contribution is -2.28. The second-order valence-corrected chi connectivity index (χ2v) is 20.8. The standard InChI is InChI=1S/C54H54N2P2/c1-33-17-34(2)22-43(21-33)57(44-23-35(3)18-36(4)24-44)51-29-41(31-55)47-13-9-11-15-49(47)53(51)54-50-16-12-10-14-48(50)42(32-56)30-52(54)58(45-25-37(5)19-38(6)26-45)46-27-39(7)20-40(8)28-46/h9-30H,31-32,55-56H2,1-8H3. The minimum atomic E-state index is -1.05. The van der Waals surface area contributed by atoms with Crippen LogP contribution in [0.1, 0.15) is 55.6 Å². The summed E-state index contributed by atoms with van der Waals surface area (Å²) in [5, 5.41) is 13.0. The molecule has 0 heterocycles. The SMILES string of the molecule is Cc1cc(C)cc(P(c2cc(C)cc(C)c2)c2cc(CN)c3ccccc3c2-c2c(P(c3cc(C)cc(C)c3)c3cc(C)cc(C)c3)cc(CN)c3ccccc23)c1. The molecular formula is C54H54N2P2. The molecule has 58 heavy (non-hydrogen) atoms. The molecule has 290 valence electrons. The van der Waals surface area contributed by atoms with Crippen molar-refractivity contribution in [2.45, 2.75) is 68.5 Å². The van der Waals surface area contributed by atoms with E-state index in [1.807, 2.05) is 0 Å². The largest absolute Gasteiger partial charge is 0.326 e. The predicted octanol–water partition coefficient (Wildman–Crippen LogP) is 10.6. The van der Waals surface area contributed by atoms with Crippen molar-refractivity contribution in [2.24, 2.45) is 11.5 Å². The topological polar surface area (TPSA) is 52.0 Å². The molecule has 8 rings (SSSR count). The average molecular weight is 793 g/mol. The Bertz CT molecular complexity index is 2490. The lowest BCUT2D eigenvalue weighted by molar-refractivity contribution is 1.09. The van der Waals surface area contributed by atoms with E-state index in [0.717, 1.165) is 0 Å². The molecule has 4 heteroatoms. The highest BCUT2D eigenvalue weighted by Crippen LogP contribution is 2.47. The summed E-state index contributed by atoms with van der Waals surface area (Å²) in [6.45, 7) is 18.8. The van der Waals surface area contributed by atoms with Gasteiger partial charge in [-0.3, -0.25) is 0 Å². The van der Waals surface area contributed by atoms with Crippen molar-refractivity contribution in [1.29, 1.82) is 0 Å². The van der Waals surface area contributed by atoms with E-state index < -0.39 is 15.8 Å². The van der Waals surface area contributed by atoms with Gasteiger partial charge in [-0.2, -0.15) is 0 Å². The van der Waals surface area contributed by atoms with Gasteiger partial charge in [-0.1, -0.05) is 166 Å². The molecule has 8 aromatic carbocycles. The molecule has 0 aromatic heterocycles. The zero-order valence-corrected chi connectivity index (χ0v) is 37.0. The summed E-state index contributed by atoms with van der Waals surface area (Å²) in [7, 11) is -2.10. The molecular weight excluding hydrogens is 739 g/mol. The van der Waals surface area contributed by atoms with Crippen LogP contribution in [0.15, 0.2) is 133 Å². The highest BCUT2D eigenvalue weighted by Gasteiger charge is 2.30. The summed E-state index contributed by atoms with van der Waals surface area (Å²) in [6.07, 6.45) is 0. The first-order valence-electron chi connectivity index (χ1n) is 20.4. The fraction of sp³-hybridized carbons (Fsp3) is 0.185. The van der Waals surface area contributed by atoms with Crippen molar-refractivity contribution in [1.82, 2.24) is 0 Å². The molecule has 0 bridgehead atoms.